The van der Waals surface area contributed by atoms with Gasteiger partial charge in [0.05, 0.1) is 4.90 Å². The number of anilines is 1. The molecule has 2 heterocycles. The van der Waals surface area contributed by atoms with Crippen LogP contribution < -0.4 is 10.2 Å². The van der Waals surface area contributed by atoms with Crippen LogP contribution in [0.2, 0.25) is 0 Å². The van der Waals surface area contributed by atoms with E-state index >= 15 is 0 Å². The van der Waals surface area contributed by atoms with Crippen molar-refractivity contribution in [3.05, 3.63) is 71.4 Å². The first-order valence-electron chi connectivity index (χ1n) is 11.7. The second kappa shape index (κ2) is 11.0. The smallest absolute Gasteiger partial charge is 0.315 e. The van der Waals surface area contributed by atoms with E-state index in [1.807, 2.05) is 0 Å². The Morgan fingerprint density at radius 2 is 1.80 bits per heavy atom. The fourth-order valence-electron chi connectivity index (χ4n) is 4.14. The largest absolute Gasteiger partial charge is 0.369 e. The van der Waals surface area contributed by atoms with Gasteiger partial charge in [0, 0.05) is 38.4 Å². The van der Waals surface area contributed by atoms with Gasteiger partial charge in [0.15, 0.2) is 15.7 Å². The Morgan fingerprint density at radius 3 is 2.54 bits per heavy atom. The summed E-state index contributed by atoms with van der Waals surface area (Å²) in [4.78, 5) is 21.3. The van der Waals surface area contributed by atoms with Crippen LogP contribution in [0.3, 0.4) is 0 Å². The SMILES string of the molecule is Cc1ccc(C)c(N2CCN(CCCNC(=O)c3nc(CS(=O)(=O)c4ccccc4)no3)CC2)c1. The van der Waals surface area contributed by atoms with E-state index in [9.17, 15) is 13.2 Å². The average Bonchev–Trinajstić information content (AvgIpc) is 3.32. The number of nitrogens with zero attached hydrogens (tertiary/aromatic N) is 4. The van der Waals surface area contributed by atoms with Crippen molar-refractivity contribution < 1.29 is 17.7 Å². The number of amides is 1. The molecule has 186 valence electrons. The molecule has 2 aromatic carbocycles. The Bertz CT molecular complexity index is 1250. The highest BCUT2D eigenvalue weighted by Crippen LogP contribution is 2.23. The summed E-state index contributed by atoms with van der Waals surface area (Å²) in [7, 11) is -3.61. The van der Waals surface area contributed by atoms with Gasteiger partial charge in [-0.1, -0.05) is 35.5 Å². The molecule has 1 N–H and O–H groups in total. The van der Waals surface area contributed by atoms with Gasteiger partial charge in [-0.15, -0.1) is 0 Å². The lowest BCUT2D eigenvalue weighted by molar-refractivity contribution is 0.0907. The molecule has 0 spiro atoms. The Balaban J connectivity index is 1.19. The van der Waals surface area contributed by atoms with Crippen LogP contribution in [-0.2, 0) is 15.6 Å². The second-order valence-electron chi connectivity index (χ2n) is 8.82. The molecule has 0 unspecified atom stereocenters. The van der Waals surface area contributed by atoms with Gasteiger partial charge in [-0.2, -0.15) is 4.98 Å². The molecule has 0 bridgehead atoms. The van der Waals surface area contributed by atoms with Crippen LogP contribution in [0.4, 0.5) is 5.69 Å². The summed E-state index contributed by atoms with van der Waals surface area (Å²) in [5.41, 5.74) is 3.89. The molecule has 3 aromatic rings. The van der Waals surface area contributed by atoms with E-state index in [-0.39, 0.29) is 16.6 Å². The molecular weight excluding hydrogens is 466 g/mol. The Kier molecular flexibility index (Phi) is 7.82. The van der Waals surface area contributed by atoms with E-state index in [2.05, 4.69) is 57.3 Å². The lowest BCUT2D eigenvalue weighted by Crippen LogP contribution is -2.47. The number of aromatic nitrogens is 2. The minimum Gasteiger partial charge on any atom is -0.369 e. The number of carbonyl (C=O) groups is 1. The maximum Gasteiger partial charge on any atom is 0.315 e. The van der Waals surface area contributed by atoms with E-state index in [1.54, 1.807) is 18.2 Å². The molecule has 4 rings (SSSR count). The molecule has 10 heteroatoms. The average molecular weight is 498 g/mol. The van der Waals surface area contributed by atoms with Crippen LogP contribution in [-0.4, -0.2) is 68.6 Å². The molecule has 0 aliphatic carbocycles. The van der Waals surface area contributed by atoms with E-state index in [0.29, 0.717) is 6.54 Å². The summed E-state index contributed by atoms with van der Waals surface area (Å²) < 4.78 is 29.9. The molecular formula is C25H31N5O4S. The van der Waals surface area contributed by atoms with Crippen molar-refractivity contribution in [1.82, 2.24) is 20.4 Å². The van der Waals surface area contributed by atoms with Gasteiger partial charge in [-0.05, 0) is 56.1 Å². The molecule has 1 saturated heterocycles. The van der Waals surface area contributed by atoms with Crippen LogP contribution in [0.1, 0.15) is 34.1 Å². The molecule has 9 nitrogen and oxygen atoms in total. The normalized spacial score (nSPS) is 14.7. The zero-order chi connectivity index (χ0) is 24.8. The van der Waals surface area contributed by atoms with Gasteiger partial charge in [0.25, 0.3) is 0 Å². The van der Waals surface area contributed by atoms with Crippen LogP contribution in [0.15, 0.2) is 57.9 Å². The van der Waals surface area contributed by atoms with Crippen molar-refractivity contribution in [2.45, 2.75) is 30.9 Å². The third-order valence-corrected chi connectivity index (χ3v) is 7.73. The Morgan fingerprint density at radius 1 is 1.06 bits per heavy atom. The second-order valence-corrected chi connectivity index (χ2v) is 10.8. The number of hydrogen-bond acceptors (Lipinski definition) is 8. The number of sulfone groups is 1. The molecule has 35 heavy (non-hydrogen) atoms. The highest BCUT2D eigenvalue weighted by molar-refractivity contribution is 7.90. The van der Waals surface area contributed by atoms with E-state index in [1.165, 1.54) is 28.9 Å². The lowest BCUT2D eigenvalue weighted by Gasteiger charge is -2.37. The van der Waals surface area contributed by atoms with Gasteiger partial charge < -0.3 is 14.7 Å². The van der Waals surface area contributed by atoms with Gasteiger partial charge in [-0.3, -0.25) is 9.69 Å². The first-order chi connectivity index (χ1) is 16.8. The summed E-state index contributed by atoms with van der Waals surface area (Å²) >= 11 is 0. The van der Waals surface area contributed by atoms with Crippen molar-refractivity contribution >= 4 is 21.4 Å². The summed E-state index contributed by atoms with van der Waals surface area (Å²) in [5.74, 6) is -1.20. The molecule has 0 radical (unpaired) electrons. The summed E-state index contributed by atoms with van der Waals surface area (Å²) in [6, 6.07) is 14.6. The highest BCUT2D eigenvalue weighted by atomic mass is 32.2. The van der Waals surface area contributed by atoms with E-state index < -0.39 is 21.5 Å². The molecule has 0 atom stereocenters. The van der Waals surface area contributed by atoms with Crippen LogP contribution in [0, 0.1) is 13.8 Å². The Hall–Kier alpha value is -3.24. The molecule has 1 aromatic heterocycles. The first kappa shape index (κ1) is 24.9. The van der Waals surface area contributed by atoms with Gasteiger partial charge in [0.1, 0.15) is 5.75 Å². The molecule has 0 saturated carbocycles. The van der Waals surface area contributed by atoms with Gasteiger partial charge in [-0.25, -0.2) is 8.42 Å². The summed E-state index contributed by atoms with van der Waals surface area (Å²) in [6.07, 6.45) is 0.790. The minimum atomic E-state index is -3.61. The highest BCUT2D eigenvalue weighted by Gasteiger charge is 2.22. The maximum absolute atomic E-state index is 12.4. The number of piperazine rings is 1. The topological polar surface area (TPSA) is 109 Å². The summed E-state index contributed by atoms with van der Waals surface area (Å²) in [6.45, 7) is 9.53. The fourth-order valence-corrected chi connectivity index (χ4v) is 5.33. The zero-order valence-electron chi connectivity index (χ0n) is 20.1. The van der Waals surface area contributed by atoms with Crippen LogP contribution in [0.25, 0.3) is 0 Å². The number of benzene rings is 2. The minimum absolute atomic E-state index is 0.0410. The number of carbonyl (C=O) groups excluding carboxylic acids is 1. The third-order valence-electron chi connectivity index (χ3n) is 6.10. The predicted octanol–water partition coefficient (Wildman–Crippen LogP) is 2.60. The van der Waals surface area contributed by atoms with Crippen LogP contribution >= 0.6 is 0 Å². The lowest BCUT2D eigenvalue weighted by atomic mass is 10.1. The van der Waals surface area contributed by atoms with E-state index in [4.69, 9.17) is 4.52 Å². The monoisotopic (exact) mass is 497 g/mol. The number of nitrogens with one attached hydrogen (secondary N) is 1. The first-order valence-corrected chi connectivity index (χ1v) is 13.4. The van der Waals surface area contributed by atoms with Crippen molar-refractivity contribution in [3.8, 4) is 0 Å². The van der Waals surface area contributed by atoms with Crippen LogP contribution in [0.5, 0.6) is 0 Å². The molecule has 1 fully saturated rings. The zero-order valence-corrected chi connectivity index (χ0v) is 20.9. The number of hydrogen-bond donors (Lipinski definition) is 1. The third kappa shape index (κ3) is 6.46. The summed E-state index contributed by atoms with van der Waals surface area (Å²) in [5, 5.41) is 6.43. The maximum atomic E-state index is 12.4. The van der Waals surface area contributed by atoms with Crippen molar-refractivity contribution in [2.24, 2.45) is 0 Å². The number of aryl methyl sites for hydroxylation is 2. The predicted molar refractivity (Wildman–Crippen MR) is 133 cm³/mol. The van der Waals surface area contributed by atoms with Crippen molar-refractivity contribution in [3.63, 3.8) is 0 Å². The van der Waals surface area contributed by atoms with Gasteiger partial charge >= 0.3 is 11.8 Å². The van der Waals surface area contributed by atoms with E-state index in [0.717, 1.165) is 39.1 Å². The molecule has 1 aliphatic heterocycles. The standard InChI is InChI=1S/C25H31N5O4S/c1-19-9-10-20(2)22(17-19)30-15-13-29(14-16-30)12-6-11-26-24(31)25-27-23(28-34-25)18-35(32,33)21-7-4-3-5-8-21/h3-5,7-10,17H,6,11-16,18H2,1-2H3,(H,26,31). The van der Waals surface area contributed by atoms with Crippen molar-refractivity contribution in [2.75, 3.05) is 44.2 Å². The van der Waals surface area contributed by atoms with Gasteiger partial charge in [0.2, 0.25) is 0 Å². The number of rotatable bonds is 9. The van der Waals surface area contributed by atoms with Crippen molar-refractivity contribution in [1.29, 1.82) is 0 Å². The quantitative estimate of drug-likeness (QED) is 0.450. The molecule has 1 amide bonds. The molecule has 1 aliphatic rings. The Labute approximate surface area is 206 Å². The fraction of sp³-hybridized carbons (Fsp3) is 0.400.